The molecule has 1 aliphatic carbocycles. The summed E-state index contributed by atoms with van der Waals surface area (Å²) in [6.07, 6.45) is 7.24. The van der Waals surface area contributed by atoms with E-state index >= 15 is 4.39 Å². The first-order valence-corrected chi connectivity index (χ1v) is 9.95. The van der Waals surface area contributed by atoms with Gasteiger partial charge in [-0.25, -0.2) is 9.18 Å². The van der Waals surface area contributed by atoms with Crippen LogP contribution in [0.3, 0.4) is 0 Å². The number of carbonyl (C=O) groups is 1. The van der Waals surface area contributed by atoms with Crippen LogP contribution in [0.4, 0.5) is 10.1 Å². The average molecular weight is 383 g/mol. The molecular formula is C21H22FN3O3. The highest BCUT2D eigenvalue weighted by Crippen LogP contribution is 2.41. The predicted molar refractivity (Wildman–Crippen MR) is 105 cm³/mol. The molecule has 1 saturated carbocycles. The Hall–Kier alpha value is -2.70. The number of rotatable bonds is 3. The van der Waals surface area contributed by atoms with E-state index in [9.17, 15) is 9.59 Å². The standard InChI is InChI=1S/C21H22FN3O3/c1-2-28-21(27)16-11-25(12-5-6-12)18-14(20(16)26)8-17(22)19-15(18)10-23-9-13-4-3-7-24(13)19/h8,10-13H,2-7,9H2,1H3. The van der Waals surface area contributed by atoms with Crippen LogP contribution in [0.2, 0.25) is 0 Å². The van der Waals surface area contributed by atoms with Crippen molar-refractivity contribution in [3.05, 3.63) is 39.4 Å². The second-order valence-corrected chi connectivity index (χ2v) is 7.73. The Kier molecular flexibility index (Phi) is 4.00. The first kappa shape index (κ1) is 17.4. The fraction of sp³-hybridized carbons (Fsp3) is 0.476. The highest BCUT2D eigenvalue weighted by molar-refractivity contribution is 6.06. The van der Waals surface area contributed by atoms with Gasteiger partial charge in [-0.15, -0.1) is 0 Å². The zero-order valence-electron chi connectivity index (χ0n) is 15.8. The normalized spacial score (nSPS) is 20.8. The maximum atomic E-state index is 15.3. The van der Waals surface area contributed by atoms with Gasteiger partial charge in [-0.05, 0) is 38.7 Å². The number of pyridine rings is 1. The van der Waals surface area contributed by atoms with Crippen molar-refractivity contribution < 1.29 is 13.9 Å². The van der Waals surface area contributed by atoms with Crippen molar-refractivity contribution in [3.63, 3.8) is 0 Å². The van der Waals surface area contributed by atoms with Gasteiger partial charge in [0, 0.05) is 36.6 Å². The van der Waals surface area contributed by atoms with Crippen LogP contribution in [0.25, 0.3) is 10.9 Å². The molecule has 2 aliphatic heterocycles. The zero-order valence-corrected chi connectivity index (χ0v) is 15.8. The molecule has 2 fully saturated rings. The number of hydrogen-bond acceptors (Lipinski definition) is 5. The first-order valence-electron chi connectivity index (χ1n) is 9.95. The minimum Gasteiger partial charge on any atom is -0.462 e. The monoisotopic (exact) mass is 383 g/mol. The van der Waals surface area contributed by atoms with Crippen molar-refractivity contribution in [2.75, 3.05) is 24.6 Å². The number of hydrogen-bond donors (Lipinski definition) is 0. The van der Waals surface area contributed by atoms with E-state index in [0.717, 1.165) is 32.2 Å². The number of carbonyl (C=O) groups excluding carboxylic acids is 1. The Morgan fingerprint density at radius 2 is 2.14 bits per heavy atom. The molecule has 0 amide bonds. The van der Waals surface area contributed by atoms with Crippen LogP contribution >= 0.6 is 0 Å². The van der Waals surface area contributed by atoms with Crippen molar-refractivity contribution in [1.82, 2.24) is 4.57 Å². The summed E-state index contributed by atoms with van der Waals surface area (Å²) < 4.78 is 22.3. The number of aromatic nitrogens is 1. The number of anilines is 1. The number of fused-ring (bicyclic) bond motifs is 5. The smallest absolute Gasteiger partial charge is 0.343 e. The summed E-state index contributed by atoms with van der Waals surface area (Å²) in [7, 11) is 0. The van der Waals surface area contributed by atoms with Gasteiger partial charge in [0.1, 0.15) is 11.4 Å². The Morgan fingerprint density at radius 3 is 2.89 bits per heavy atom. The lowest BCUT2D eigenvalue weighted by Crippen LogP contribution is -2.32. The first-order chi connectivity index (χ1) is 13.6. The lowest BCUT2D eigenvalue weighted by atomic mass is 10.0. The number of benzene rings is 1. The van der Waals surface area contributed by atoms with E-state index in [-0.39, 0.29) is 29.6 Å². The second-order valence-electron chi connectivity index (χ2n) is 7.73. The van der Waals surface area contributed by atoms with E-state index in [2.05, 4.69) is 9.89 Å². The minimum absolute atomic E-state index is 0.0368. The van der Waals surface area contributed by atoms with Crippen molar-refractivity contribution in [1.29, 1.82) is 0 Å². The van der Waals surface area contributed by atoms with E-state index in [1.165, 1.54) is 6.07 Å². The van der Waals surface area contributed by atoms with Gasteiger partial charge in [0.25, 0.3) is 0 Å². The molecule has 7 heteroatoms. The summed E-state index contributed by atoms with van der Waals surface area (Å²) in [5, 5.41) is 0.220. The van der Waals surface area contributed by atoms with Crippen molar-refractivity contribution in [2.24, 2.45) is 4.99 Å². The van der Waals surface area contributed by atoms with Gasteiger partial charge >= 0.3 is 5.97 Å². The van der Waals surface area contributed by atoms with E-state index < -0.39 is 17.2 Å². The van der Waals surface area contributed by atoms with E-state index in [1.807, 2.05) is 4.57 Å². The van der Waals surface area contributed by atoms with Gasteiger partial charge in [0.2, 0.25) is 5.43 Å². The largest absolute Gasteiger partial charge is 0.462 e. The van der Waals surface area contributed by atoms with E-state index in [0.29, 0.717) is 23.3 Å². The molecule has 1 unspecified atom stereocenters. The van der Waals surface area contributed by atoms with Crippen LogP contribution in [-0.4, -0.2) is 42.5 Å². The van der Waals surface area contributed by atoms with Gasteiger partial charge in [0.15, 0.2) is 0 Å². The SMILES string of the molecule is CCOC(=O)c1cn(C2CC2)c2c3c(c(F)cc2c1=O)N1CCCC1CN=C3. The molecule has 1 saturated heterocycles. The zero-order chi connectivity index (χ0) is 19.4. The second kappa shape index (κ2) is 6.43. The number of nitrogens with zero attached hydrogens (tertiary/aromatic N) is 3. The van der Waals surface area contributed by atoms with Crippen molar-refractivity contribution in [2.45, 2.75) is 44.7 Å². The third kappa shape index (κ3) is 2.56. The van der Waals surface area contributed by atoms with Crippen LogP contribution in [0, 0.1) is 5.82 Å². The fourth-order valence-electron chi connectivity index (χ4n) is 4.50. The lowest BCUT2D eigenvalue weighted by molar-refractivity contribution is 0.0524. The number of aliphatic imine (C=N–C) groups is 1. The van der Waals surface area contributed by atoms with Crippen molar-refractivity contribution in [3.8, 4) is 0 Å². The topological polar surface area (TPSA) is 63.9 Å². The van der Waals surface area contributed by atoms with Gasteiger partial charge in [-0.2, -0.15) is 0 Å². The molecular weight excluding hydrogens is 361 g/mol. The lowest BCUT2D eigenvalue weighted by Gasteiger charge is -2.27. The minimum atomic E-state index is -0.660. The predicted octanol–water partition coefficient (Wildman–Crippen LogP) is 3.05. The maximum Gasteiger partial charge on any atom is 0.343 e. The quantitative estimate of drug-likeness (QED) is 0.765. The molecule has 1 atom stereocenters. The molecule has 0 bridgehead atoms. The third-order valence-corrected chi connectivity index (χ3v) is 5.91. The molecule has 2 aromatic rings. The molecule has 146 valence electrons. The summed E-state index contributed by atoms with van der Waals surface area (Å²) in [4.78, 5) is 32.0. The molecule has 0 radical (unpaired) electrons. The van der Waals surface area contributed by atoms with Crippen LogP contribution in [0.1, 0.15) is 54.6 Å². The molecule has 5 rings (SSSR count). The van der Waals surface area contributed by atoms with Gasteiger partial charge < -0.3 is 14.2 Å². The fourth-order valence-corrected chi connectivity index (χ4v) is 4.50. The molecule has 28 heavy (non-hydrogen) atoms. The van der Waals surface area contributed by atoms with Crippen LogP contribution in [-0.2, 0) is 4.74 Å². The number of esters is 1. The maximum absolute atomic E-state index is 15.3. The molecule has 1 aromatic carbocycles. The Balaban J connectivity index is 1.84. The average Bonchev–Trinajstić information content (AvgIpc) is 3.45. The summed E-state index contributed by atoms with van der Waals surface area (Å²) >= 11 is 0. The highest BCUT2D eigenvalue weighted by Gasteiger charge is 2.34. The summed E-state index contributed by atoms with van der Waals surface area (Å²) in [5.74, 6) is -1.09. The molecule has 0 spiro atoms. The van der Waals surface area contributed by atoms with Gasteiger partial charge in [0.05, 0.1) is 29.7 Å². The summed E-state index contributed by atoms with van der Waals surface area (Å²) in [6, 6.07) is 1.70. The summed E-state index contributed by atoms with van der Waals surface area (Å²) in [5.41, 5.74) is 1.34. The van der Waals surface area contributed by atoms with Crippen LogP contribution in [0.15, 0.2) is 22.1 Å². The van der Waals surface area contributed by atoms with Crippen LogP contribution < -0.4 is 10.3 Å². The molecule has 1 aromatic heterocycles. The highest BCUT2D eigenvalue weighted by atomic mass is 19.1. The van der Waals surface area contributed by atoms with Crippen molar-refractivity contribution >= 4 is 28.8 Å². The molecule has 0 N–H and O–H groups in total. The molecule has 6 nitrogen and oxygen atoms in total. The Morgan fingerprint density at radius 1 is 1.32 bits per heavy atom. The van der Waals surface area contributed by atoms with Gasteiger partial charge in [-0.1, -0.05) is 0 Å². The Labute approximate surface area is 161 Å². The Bertz CT molecular complexity index is 1070. The molecule has 3 aliphatic rings. The van der Waals surface area contributed by atoms with E-state index in [1.54, 1.807) is 19.3 Å². The summed E-state index contributed by atoms with van der Waals surface area (Å²) in [6.45, 7) is 3.30. The van der Waals surface area contributed by atoms with E-state index in [4.69, 9.17) is 4.74 Å². The molecule has 3 heterocycles. The number of halogens is 1. The van der Waals surface area contributed by atoms with Crippen LogP contribution in [0.5, 0.6) is 0 Å². The number of ether oxygens (including phenoxy) is 1. The third-order valence-electron chi connectivity index (χ3n) is 5.91. The van der Waals surface area contributed by atoms with Gasteiger partial charge in [-0.3, -0.25) is 9.79 Å².